The molecule has 24 heavy (non-hydrogen) atoms. The summed E-state index contributed by atoms with van der Waals surface area (Å²) in [4.78, 5) is 16.0. The van der Waals surface area contributed by atoms with Gasteiger partial charge < -0.3 is 10.6 Å². The lowest BCUT2D eigenvalue weighted by Crippen LogP contribution is -2.39. The number of amides is 1. The molecule has 2 aromatic heterocycles. The van der Waals surface area contributed by atoms with Crippen LogP contribution in [0.25, 0.3) is 0 Å². The van der Waals surface area contributed by atoms with E-state index >= 15 is 0 Å². The highest BCUT2D eigenvalue weighted by Crippen LogP contribution is 2.12. The predicted molar refractivity (Wildman–Crippen MR) is 102 cm³/mol. The maximum atomic E-state index is 12.0. The number of halogens is 2. The quantitative estimate of drug-likeness (QED) is 0.819. The maximum absolute atomic E-state index is 12.0. The average molecular weight is 390 g/mol. The molecule has 6 nitrogen and oxygen atoms in total. The molecule has 0 bridgehead atoms. The molecule has 1 unspecified atom stereocenters. The summed E-state index contributed by atoms with van der Waals surface area (Å²) in [6, 6.07) is 4.17. The van der Waals surface area contributed by atoms with Gasteiger partial charge in [-0.2, -0.15) is 16.9 Å². The third kappa shape index (κ3) is 6.32. The Morgan fingerprint density at radius 3 is 2.88 bits per heavy atom. The van der Waals surface area contributed by atoms with Gasteiger partial charge in [0.15, 0.2) is 0 Å². The molecule has 0 aliphatic carbocycles. The Labute approximate surface area is 158 Å². The van der Waals surface area contributed by atoms with E-state index in [9.17, 15) is 4.79 Å². The molecule has 9 heteroatoms. The summed E-state index contributed by atoms with van der Waals surface area (Å²) in [7, 11) is 0. The third-order valence-electron chi connectivity index (χ3n) is 3.44. The Kier molecular flexibility index (Phi) is 9.13. The molecule has 1 aliphatic rings. The average Bonchev–Trinajstić information content (AvgIpc) is 2.96. The monoisotopic (exact) mass is 389 g/mol. The van der Waals surface area contributed by atoms with Crippen molar-refractivity contribution < 1.29 is 4.79 Å². The summed E-state index contributed by atoms with van der Waals surface area (Å²) in [5.41, 5.74) is 1.86. The molecule has 1 atom stereocenters. The molecule has 1 fully saturated rings. The number of hydrogen-bond donors (Lipinski definition) is 2. The van der Waals surface area contributed by atoms with Gasteiger partial charge in [0.05, 0.1) is 18.4 Å². The van der Waals surface area contributed by atoms with Gasteiger partial charge in [-0.05, 0) is 17.7 Å². The van der Waals surface area contributed by atoms with Crippen LogP contribution in [-0.4, -0.2) is 44.8 Å². The van der Waals surface area contributed by atoms with Crippen LogP contribution in [0.4, 0.5) is 5.69 Å². The fraction of sp³-hybridized carbons (Fsp3) is 0.400. The van der Waals surface area contributed by atoms with Crippen LogP contribution >= 0.6 is 36.6 Å². The van der Waals surface area contributed by atoms with Crippen LogP contribution in [0.15, 0.2) is 36.9 Å². The van der Waals surface area contributed by atoms with E-state index in [-0.39, 0.29) is 36.8 Å². The summed E-state index contributed by atoms with van der Waals surface area (Å²) in [5, 5.41) is 10.5. The summed E-state index contributed by atoms with van der Waals surface area (Å²) < 4.78 is 1.81. The van der Waals surface area contributed by atoms with Crippen molar-refractivity contribution in [2.24, 2.45) is 0 Å². The number of carbonyl (C=O) groups is 1. The van der Waals surface area contributed by atoms with E-state index < -0.39 is 0 Å². The lowest BCUT2D eigenvalue weighted by molar-refractivity contribution is -0.116. The SMILES string of the molecule is Cl.Cl.O=C(CC1CSCCN1)Nc1cnn(Cc2ccncc2)c1. The van der Waals surface area contributed by atoms with Gasteiger partial charge in [0.1, 0.15) is 0 Å². The van der Waals surface area contributed by atoms with E-state index in [2.05, 4.69) is 20.7 Å². The van der Waals surface area contributed by atoms with Crippen molar-refractivity contribution in [3.63, 3.8) is 0 Å². The largest absolute Gasteiger partial charge is 0.323 e. The van der Waals surface area contributed by atoms with Crippen molar-refractivity contribution >= 4 is 48.2 Å². The Bertz CT molecular complexity index is 619. The molecule has 0 saturated carbocycles. The molecule has 0 spiro atoms. The molecule has 0 radical (unpaired) electrons. The Hall–Kier alpha value is -1.28. The van der Waals surface area contributed by atoms with Gasteiger partial charge in [0.25, 0.3) is 0 Å². The van der Waals surface area contributed by atoms with Crippen LogP contribution in [0.5, 0.6) is 0 Å². The van der Waals surface area contributed by atoms with E-state index in [1.54, 1.807) is 23.3 Å². The highest BCUT2D eigenvalue weighted by Gasteiger charge is 2.17. The van der Waals surface area contributed by atoms with Crippen molar-refractivity contribution in [3.8, 4) is 0 Å². The van der Waals surface area contributed by atoms with Crippen molar-refractivity contribution in [2.75, 3.05) is 23.4 Å². The predicted octanol–water partition coefficient (Wildman–Crippen LogP) is 2.20. The molecule has 2 aromatic rings. The number of pyridine rings is 1. The van der Waals surface area contributed by atoms with Crippen LogP contribution in [0.1, 0.15) is 12.0 Å². The fourth-order valence-electron chi connectivity index (χ4n) is 2.38. The second-order valence-corrected chi connectivity index (χ2v) is 6.41. The van der Waals surface area contributed by atoms with Crippen molar-refractivity contribution in [1.29, 1.82) is 0 Å². The molecule has 3 heterocycles. The van der Waals surface area contributed by atoms with E-state index in [0.717, 1.165) is 29.3 Å². The zero-order valence-corrected chi connectivity index (χ0v) is 15.5. The molecule has 132 valence electrons. The zero-order chi connectivity index (χ0) is 15.2. The standard InChI is InChI=1S/C15H19N5OS.2ClH/c21-15(7-13-11-22-6-5-17-13)19-14-8-18-20(10-14)9-12-1-3-16-4-2-12;;/h1-4,8,10,13,17H,5-7,9,11H2,(H,19,21);2*1H. The zero-order valence-electron chi connectivity index (χ0n) is 13.1. The Morgan fingerprint density at radius 1 is 1.38 bits per heavy atom. The number of anilines is 1. The van der Waals surface area contributed by atoms with Gasteiger partial charge in [-0.15, -0.1) is 24.8 Å². The first-order valence-electron chi connectivity index (χ1n) is 7.32. The number of rotatable bonds is 5. The second-order valence-electron chi connectivity index (χ2n) is 5.26. The minimum absolute atomic E-state index is 0. The third-order valence-corrected chi connectivity index (χ3v) is 4.57. The molecule has 0 aromatic carbocycles. The first kappa shape index (κ1) is 20.8. The lowest BCUT2D eigenvalue weighted by atomic mass is 10.2. The van der Waals surface area contributed by atoms with Crippen LogP contribution < -0.4 is 10.6 Å². The number of aromatic nitrogens is 3. The van der Waals surface area contributed by atoms with Gasteiger partial charge >= 0.3 is 0 Å². The molecule has 3 rings (SSSR count). The molecule has 1 amide bonds. The van der Waals surface area contributed by atoms with E-state index in [1.165, 1.54) is 0 Å². The highest BCUT2D eigenvalue weighted by molar-refractivity contribution is 7.99. The molecular weight excluding hydrogens is 369 g/mol. The molecule has 1 saturated heterocycles. The van der Waals surface area contributed by atoms with Crippen molar-refractivity contribution in [2.45, 2.75) is 19.0 Å². The summed E-state index contributed by atoms with van der Waals surface area (Å²) in [6.07, 6.45) is 7.56. The maximum Gasteiger partial charge on any atom is 0.226 e. The van der Waals surface area contributed by atoms with Gasteiger partial charge in [-0.3, -0.25) is 14.5 Å². The van der Waals surface area contributed by atoms with Crippen LogP contribution in [0.3, 0.4) is 0 Å². The van der Waals surface area contributed by atoms with Crippen LogP contribution in [0.2, 0.25) is 0 Å². The van der Waals surface area contributed by atoms with Gasteiger partial charge in [-0.1, -0.05) is 0 Å². The van der Waals surface area contributed by atoms with Crippen molar-refractivity contribution in [1.82, 2.24) is 20.1 Å². The normalized spacial score (nSPS) is 16.6. The number of thioether (sulfide) groups is 1. The Balaban J connectivity index is 0.00000144. The van der Waals surface area contributed by atoms with E-state index in [4.69, 9.17) is 0 Å². The molecular formula is C15H21Cl2N5OS. The first-order valence-corrected chi connectivity index (χ1v) is 8.47. The molecule has 1 aliphatic heterocycles. The first-order chi connectivity index (χ1) is 10.8. The highest BCUT2D eigenvalue weighted by atomic mass is 35.5. The van der Waals surface area contributed by atoms with Crippen LogP contribution in [0, 0.1) is 0 Å². The number of hydrogen-bond acceptors (Lipinski definition) is 5. The smallest absolute Gasteiger partial charge is 0.226 e. The fourth-order valence-corrected chi connectivity index (χ4v) is 3.33. The minimum Gasteiger partial charge on any atom is -0.323 e. The van der Waals surface area contributed by atoms with E-state index in [0.29, 0.717) is 13.0 Å². The van der Waals surface area contributed by atoms with Gasteiger partial charge in [0, 0.05) is 49.1 Å². The minimum atomic E-state index is 0. The summed E-state index contributed by atoms with van der Waals surface area (Å²) in [6.45, 7) is 1.64. The van der Waals surface area contributed by atoms with Gasteiger partial charge in [-0.25, -0.2) is 0 Å². The topological polar surface area (TPSA) is 71.8 Å². The number of nitrogens with zero attached hydrogens (tertiary/aromatic N) is 3. The summed E-state index contributed by atoms with van der Waals surface area (Å²) in [5.74, 6) is 2.15. The van der Waals surface area contributed by atoms with Gasteiger partial charge in [0.2, 0.25) is 5.91 Å². The van der Waals surface area contributed by atoms with E-state index in [1.807, 2.05) is 30.1 Å². The molecule has 2 N–H and O–H groups in total. The van der Waals surface area contributed by atoms with Crippen molar-refractivity contribution in [3.05, 3.63) is 42.5 Å². The number of nitrogens with one attached hydrogen (secondary N) is 2. The second kappa shape index (κ2) is 10.6. The summed E-state index contributed by atoms with van der Waals surface area (Å²) >= 11 is 1.89. The Morgan fingerprint density at radius 2 is 2.17 bits per heavy atom. The lowest BCUT2D eigenvalue weighted by Gasteiger charge is -2.22. The van der Waals surface area contributed by atoms with Crippen LogP contribution in [-0.2, 0) is 11.3 Å². The number of carbonyl (C=O) groups excluding carboxylic acids is 1.